The minimum Gasteiger partial charge on any atom is -0.383 e. The molecule has 0 aliphatic rings. The fourth-order valence-electron chi connectivity index (χ4n) is 1.44. The summed E-state index contributed by atoms with van der Waals surface area (Å²) < 4.78 is 4.84. The van der Waals surface area contributed by atoms with Gasteiger partial charge in [-0.2, -0.15) is 0 Å². The van der Waals surface area contributed by atoms with Crippen molar-refractivity contribution in [3.05, 3.63) is 24.3 Å². The monoisotopic (exact) mass is 297 g/mol. The zero-order valence-electron chi connectivity index (χ0n) is 11.3. The summed E-state index contributed by atoms with van der Waals surface area (Å²) in [4.78, 5) is 23.4. The molecule has 1 unspecified atom stereocenters. The lowest BCUT2D eigenvalue weighted by Crippen LogP contribution is -2.39. The second-order valence-corrected chi connectivity index (χ2v) is 5.25. The second-order valence-electron chi connectivity index (χ2n) is 4.11. The number of benzene rings is 1. The van der Waals surface area contributed by atoms with Crippen LogP contribution in [0.5, 0.6) is 0 Å². The van der Waals surface area contributed by atoms with Crippen LogP contribution in [0.3, 0.4) is 0 Å². The normalized spacial score (nSPS) is 11.9. The zero-order valence-corrected chi connectivity index (χ0v) is 12.1. The maximum atomic E-state index is 11.8. The molecule has 1 rings (SSSR count). The molecule has 0 saturated carbocycles. The van der Waals surface area contributed by atoms with Crippen molar-refractivity contribution < 1.29 is 14.3 Å². The molecule has 0 heterocycles. The van der Waals surface area contributed by atoms with Gasteiger partial charge >= 0.3 is 0 Å². The Bertz CT molecular complexity index is 468. The molecule has 0 radical (unpaired) electrons. The van der Waals surface area contributed by atoms with E-state index in [9.17, 15) is 9.59 Å². The topological polar surface area (TPSA) is 107 Å². The number of rotatable bonds is 8. The first-order chi connectivity index (χ1) is 9.54. The molecule has 0 aliphatic carbocycles. The fourth-order valence-corrected chi connectivity index (χ4v) is 2.41. The SMILES string of the molecule is COCC(N)C(=O)Nc1ccccc1SCCC(N)=O. The van der Waals surface area contributed by atoms with Crippen molar-refractivity contribution >= 4 is 29.3 Å². The fraction of sp³-hybridized carbons (Fsp3) is 0.385. The molecule has 0 aromatic heterocycles. The molecule has 20 heavy (non-hydrogen) atoms. The average Bonchev–Trinajstić information content (AvgIpc) is 2.40. The molecule has 0 saturated heterocycles. The van der Waals surface area contributed by atoms with E-state index >= 15 is 0 Å². The number of nitrogens with one attached hydrogen (secondary N) is 1. The van der Waals surface area contributed by atoms with Crippen molar-refractivity contribution in [2.24, 2.45) is 11.5 Å². The van der Waals surface area contributed by atoms with Crippen LogP contribution in [-0.4, -0.2) is 37.3 Å². The van der Waals surface area contributed by atoms with Gasteiger partial charge in [0.25, 0.3) is 0 Å². The molecule has 110 valence electrons. The number of hydrogen-bond donors (Lipinski definition) is 3. The number of nitrogens with two attached hydrogens (primary N) is 2. The Morgan fingerprint density at radius 3 is 2.75 bits per heavy atom. The van der Waals surface area contributed by atoms with Gasteiger partial charge < -0.3 is 21.5 Å². The number of ether oxygens (including phenoxy) is 1. The van der Waals surface area contributed by atoms with Crippen LogP contribution < -0.4 is 16.8 Å². The molecule has 0 spiro atoms. The number of amides is 2. The van der Waals surface area contributed by atoms with Crippen LogP contribution in [0.1, 0.15) is 6.42 Å². The largest absolute Gasteiger partial charge is 0.383 e. The summed E-state index contributed by atoms with van der Waals surface area (Å²) in [5.74, 6) is -0.0947. The van der Waals surface area contributed by atoms with Gasteiger partial charge in [-0.3, -0.25) is 9.59 Å². The summed E-state index contributed by atoms with van der Waals surface area (Å²) in [7, 11) is 1.49. The van der Waals surface area contributed by atoms with E-state index in [4.69, 9.17) is 16.2 Å². The first kappa shape index (κ1) is 16.5. The van der Waals surface area contributed by atoms with Crippen molar-refractivity contribution in [1.29, 1.82) is 0 Å². The maximum Gasteiger partial charge on any atom is 0.243 e. The lowest BCUT2D eigenvalue weighted by atomic mass is 10.2. The van der Waals surface area contributed by atoms with E-state index in [1.165, 1.54) is 18.9 Å². The summed E-state index contributed by atoms with van der Waals surface area (Å²) in [5, 5.41) is 2.75. The zero-order chi connectivity index (χ0) is 15.0. The highest BCUT2D eigenvalue weighted by Gasteiger charge is 2.14. The molecule has 2 amide bonds. The Hall–Kier alpha value is -1.57. The smallest absolute Gasteiger partial charge is 0.243 e. The minimum atomic E-state index is -0.719. The van der Waals surface area contributed by atoms with Gasteiger partial charge in [-0.05, 0) is 12.1 Å². The molecule has 6 nitrogen and oxygen atoms in total. The standard InChI is InChI=1S/C13H19N3O3S/c1-19-8-9(14)13(18)16-10-4-2-3-5-11(10)20-7-6-12(15)17/h2-5,9H,6-8,14H2,1H3,(H2,15,17)(H,16,18). The van der Waals surface area contributed by atoms with Crippen molar-refractivity contribution in [3.63, 3.8) is 0 Å². The molecule has 7 heteroatoms. The number of carbonyl (C=O) groups is 2. The van der Waals surface area contributed by atoms with Crippen molar-refractivity contribution in [2.75, 3.05) is 24.8 Å². The molecule has 0 fully saturated rings. The third kappa shape index (κ3) is 5.60. The quantitative estimate of drug-likeness (QED) is 0.608. The van der Waals surface area contributed by atoms with E-state index in [2.05, 4.69) is 5.32 Å². The van der Waals surface area contributed by atoms with E-state index in [-0.39, 0.29) is 24.8 Å². The molecular weight excluding hydrogens is 278 g/mol. The molecule has 5 N–H and O–H groups in total. The van der Waals surface area contributed by atoms with Gasteiger partial charge in [-0.25, -0.2) is 0 Å². The lowest BCUT2D eigenvalue weighted by Gasteiger charge is -2.14. The Morgan fingerprint density at radius 2 is 2.10 bits per heavy atom. The summed E-state index contributed by atoms with van der Waals surface area (Å²) in [6.07, 6.45) is 0.288. The predicted octanol–water partition coefficient (Wildman–Crippen LogP) is 0.566. The van der Waals surface area contributed by atoms with Crippen molar-refractivity contribution in [3.8, 4) is 0 Å². The number of methoxy groups -OCH3 is 1. The van der Waals surface area contributed by atoms with Gasteiger partial charge in [0.2, 0.25) is 11.8 Å². The van der Waals surface area contributed by atoms with Gasteiger partial charge in [-0.1, -0.05) is 12.1 Å². The van der Waals surface area contributed by atoms with Crippen LogP contribution in [0.4, 0.5) is 5.69 Å². The summed E-state index contributed by atoms with van der Waals surface area (Å²) >= 11 is 1.45. The number of para-hydroxylation sites is 1. The number of hydrogen-bond acceptors (Lipinski definition) is 5. The van der Waals surface area contributed by atoms with Crippen LogP contribution in [0.15, 0.2) is 29.2 Å². The van der Waals surface area contributed by atoms with E-state index in [1.807, 2.05) is 18.2 Å². The second kappa shape index (κ2) is 8.57. The van der Waals surface area contributed by atoms with Crippen LogP contribution in [0, 0.1) is 0 Å². The number of thioether (sulfide) groups is 1. The first-order valence-electron chi connectivity index (χ1n) is 6.10. The van der Waals surface area contributed by atoms with Gasteiger partial charge in [0.15, 0.2) is 0 Å². The van der Waals surface area contributed by atoms with Gasteiger partial charge in [0.05, 0.1) is 12.3 Å². The van der Waals surface area contributed by atoms with E-state index in [0.717, 1.165) is 4.90 Å². The molecule has 1 aromatic rings. The highest BCUT2D eigenvalue weighted by molar-refractivity contribution is 7.99. The summed E-state index contributed by atoms with van der Waals surface area (Å²) in [6, 6.07) is 6.60. The van der Waals surface area contributed by atoms with Crippen molar-refractivity contribution in [2.45, 2.75) is 17.4 Å². The third-order valence-corrected chi connectivity index (χ3v) is 3.51. The summed E-state index contributed by atoms with van der Waals surface area (Å²) in [6.45, 7) is 0.156. The molecular formula is C13H19N3O3S. The third-order valence-electron chi connectivity index (χ3n) is 2.43. The van der Waals surface area contributed by atoms with Gasteiger partial charge in [0, 0.05) is 24.2 Å². The Labute approximate surface area is 122 Å². The van der Waals surface area contributed by atoms with Crippen LogP contribution in [0.2, 0.25) is 0 Å². The summed E-state index contributed by atoms with van der Waals surface area (Å²) in [5.41, 5.74) is 11.4. The number of anilines is 1. The van der Waals surface area contributed by atoms with Crippen LogP contribution in [0.25, 0.3) is 0 Å². The first-order valence-corrected chi connectivity index (χ1v) is 7.08. The molecule has 0 bridgehead atoms. The Morgan fingerprint density at radius 1 is 1.40 bits per heavy atom. The molecule has 0 aliphatic heterocycles. The highest BCUT2D eigenvalue weighted by Crippen LogP contribution is 2.27. The Balaban J connectivity index is 2.65. The van der Waals surface area contributed by atoms with Crippen molar-refractivity contribution in [1.82, 2.24) is 0 Å². The van der Waals surface area contributed by atoms with E-state index < -0.39 is 6.04 Å². The lowest BCUT2D eigenvalue weighted by molar-refractivity contribution is -0.119. The molecule has 1 aromatic carbocycles. The van der Waals surface area contributed by atoms with Gasteiger partial charge in [-0.15, -0.1) is 11.8 Å². The van der Waals surface area contributed by atoms with E-state index in [1.54, 1.807) is 6.07 Å². The minimum absolute atomic E-state index is 0.156. The number of carbonyl (C=O) groups excluding carboxylic acids is 2. The van der Waals surface area contributed by atoms with Gasteiger partial charge in [0.1, 0.15) is 6.04 Å². The average molecular weight is 297 g/mol. The maximum absolute atomic E-state index is 11.8. The van der Waals surface area contributed by atoms with E-state index in [0.29, 0.717) is 11.4 Å². The van der Waals surface area contributed by atoms with Crippen LogP contribution in [-0.2, 0) is 14.3 Å². The highest BCUT2D eigenvalue weighted by atomic mass is 32.2. The molecule has 1 atom stereocenters. The predicted molar refractivity (Wildman–Crippen MR) is 79.5 cm³/mol. The Kier molecular flexibility index (Phi) is 7.06. The number of primary amides is 1. The van der Waals surface area contributed by atoms with Crippen LogP contribution >= 0.6 is 11.8 Å².